The van der Waals surface area contributed by atoms with Gasteiger partial charge in [0.2, 0.25) is 0 Å². The fourth-order valence-corrected chi connectivity index (χ4v) is 5.04. The highest BCUT2D eigenvalue weighted by atomic mass is 16.5. The Balaban J connectivity index is 1.56. The molecule has 0 aliphatic rings. The van der Waals surface area contributed by atoms with Gasteiger partial charge in [0.05, 0.1) is 30.3 Å². The molecule has 1 aromatic heterocycles. The van der Waals surface area contributed by atoms with Gasteiger partial charge in [-0.25, -0.2) is 4.98 Å². The molecule has 5 rings (SSSR count). The topological polar surface area (TPSA) is 74.9 Å². The first-order valence-corrected chi connectivity index (χ1v) is 15.1. The van der Waals surface area contributed by atoms with Gasteiger partial charge in [-0.3, -0.25) is 4.79 Å². The van der Waals surface area contributed by atoms with Crippen molar-refractivity contribution in [2.45, 2.75) is 54.1 Å². The molecule has 0 spiro atoms. The summed E-state index contributed by atoms with van der Waals surface area (Å²) in [5.41, 5.74) is 6.22. The minimum Gasteiger partial charge on any atom is -0.494 e. The first-order chi connectivity index (χ1) is 21.3. The summed E-state index contributed by atoms with van der Waals surface area (Å²) in [6.07, 6.45) is 1.65. The largest absolute Gasteiger partial charge is 0.494 e. The van der Waals surface area contributed by atoms with Crippen LogP contribution in [0.1, 0.15) is 61.4 Å². The lowest BCUT2D eigenvalue weighted by atomic mass is 9.96. The molecule has 7 heteroatoms. The van der Waals surface area contributed by atoms with Gasteiger partial charge in [-0.15, -0.1) is 0 Å². The Labute approximate surface area is 258 Å². The molecule has 0 saturated carbocycles. The zero-order valence-corrected chi connectivity index (χ0v) is 26.3. The van der Waals surface area contributed by atoms with E-state index >= 15 is 0 Å². The van der Waals surface area contributed by atoms with Crippen molar-refractivity contribution in [1.29, 1.82) is 0 Å². The summed E-state index contributed by atoms with van der Waals surface area (Å²) in [5, 5.41) is 5.19. The highest BCUT2D eigenvalue weighted by molar-refractivity contribution is 5.83. The van der Waals surface area contributed by atoms with Crippen molar-refractivity contribution in [3.63, 3.8) is 0 Å². The van der Waals surface area contributed by atoms with E-state index in [9.17, 15) is 4.79 Å². The van der Waals surface area contributed by atoms with Gasteiger partial charge in [0.1, 0.15) is 12.4 Å². The highest BCUT2D eigenvalue weighted by Gasteiger charge is 2.18. The molecule has 0 saturated heterocycles. The van der Waals surface area contributed by atoms with E-state index in [1.807, 2.05) is 63.2 Å². The molecule has 4 aromatic carbocycles. The molecule has 0 unspecified atom stereocenters. The summed E-state index contributed by atoms with van der Waals surface area (Å²) in [6, 6.07) is 25.3. The Hall–Kier alpha value is -4.91. The van der Waals surface area contributed by atoms with E-state index < -0.39 is 0 Å². The first-order valence-electron chi connectivity index (χ1n) is 15.1. The number of hydrogen-bond donors (Lipinski definition) is 0. The number of aryl methyl sites for hydroxylation is 2. The van der Waals surface area contributed by atoms with E-state index in [-0.39, 0.29) is 11.5 Å². The number of ether oxygens (including phenoxy) is 3. The molecule has 5 aromatic rings. The summed E-state index contributed by atoms with van der Waals surface area (Å²) < 4.78 is 19.4. The molecule has 44 heavy (non-hydrogen) atoms. The average molecular weight is 590 g/mol. The molecule has 0 N–H and O–H groups in total. The second kappa shape index (κ2) is 13.6. The predicted molar refractivity (Wildman–Crippen MR) is 178 cm³/mol. The van der Waals surface area contributed by atoms with Gasteiger partial charge in [0, 0.05) is 5.56 Å². The molecule has 0 bridgehead atoms. The Morgan fingerprint density at radius 1 is 0.841 bits per heavy atom. The summed E-state index contributed by atoms with van der Waals surface area (Å²) in [5.74, 6) is 2.77. The van der Waals surface area contributed by atoms with Crippen molar-refractivity contribution in [1.82, 2.24) is 9.66 Å². The predicted octanol–water partition coefficient (Wildman–Crippen LogP) is 8.06. The van der Waals surface area contributed by atoms with Crippen LogP contribution in [-0.2, 0) is 6.61 Å². The van der Waals surface area contributed by atoms with E-state index in [4.69, 9.17) is 24.3 Å². The maximum atomic E-state index is 13.8. The molecule has 7 nitrogen and oxygen atoms in total. The Morgan fingerprint density at radius 3 is 2.30 bits per heavy atom. The van der Waals surface area contributed by atoms with Crippen LogP contribution < -0.4 is 19.8 Å². The van der Waals surface area contributed by atoms with E-state index in [0.717, 1.165) is 33.6 Å². The van der Waals surface area contributed by atoms with E-state index in [1.54, 1.807) is 12.3 Å². The molecule has 0 fully saturated rings. The van der Waals surface area contributed by atoms with Gasteiger partial charge in [-0.05, 0) is 98.3 Å². The Morgan fingerprint density at radius 2 is 1.57 bits per heavy atom. The third kappa shape index (κ3) is 6.67. The quantitative estimate of drug-likeness (QED) is 0.146. The molecule has 0 atom stereocenters. The number of para-hydroxylation sites is 1. The number of fused-ring (bicyclic) bond motifs is 1. The van der Waals surface area contributed by atoms with Gasteiger partial charge >= 0.3 is 0 Å². The van der Waals surface area contributed by atoms with E-state index in [1.165, 1.54) is 10.2 Å². The van der Waals surface area contributed by atoms with Crippen LogP contribution in [0.3, 0.4) is 0 Å². The molecule has 0 radical (unpaired) electrons. The third-order valence-corrected chi connectivity index (χ3v) is 7.38. The van der Waals surface area contributed by atoms with Crippen LogP contribution in [0.2, 0.25) is 0 Å². The van der Waals surface area contributed by atoms with Crippen LogP contribution in [0.15, 0.2) is 88.8 Å². The molecule has 226 valence electrons. The lowest BCUT2D eigenvalue weighted by molar-refractivity contribution is 0.269. The van der Waals surface area contributed by atoms with Gasteiger partial charge in [0.15, 0.2) is 17.3 Å². The molecule has 0 aliphatic heterocycles. The number of nitrogens with zero attached hydrogens (tertiary/aromatic N) is 3. The normalized spacial score (nSPS) is 11.4. The first kappa shape index (κ1) is 30.5. The van der Waals surface area contributed by atoms with Gasteiger partial charge in [-0.2, -0.15) is 9.78 Å². The standard InChI is InChI=1S/C37H39N3O4/c1-7-42-34-19-26(6)31(21-30(34)24(3)4)36-39-32-12-10-9-11-29(32)37(41)40(36)38-22-28-17-18-33(35(20-28)43-8-2)44-23-27-15-13-25(5)14-16-27/h9-22,24H,7-8,23H2,1-6H3. The zero-order valence-electron chi connectivity index (χ0n) is 26.3. The lowest BCUT2D eigenvalue weighted by Gasteiger charge is -2.18. The zero-order chi connectivity index (χ0) is 31.2. The number of rotatable bonds is 11. The van der Waals surface area contributed by atoms with Crippen molar-refractivity contribution in [3.05, 3.63) is 117 Å². The van der Waals surface area contributed by atoms with E-state index in [2.05, 4.69) is 51.1 Å². The highest BCUT2D eigenvalue weighted by Crippen LogP contribution is 2.34. The fourth-order valence-electron chi connectivity index (χ4n) is 5.04. The maximum Gasteiger partial charge on any atom is 0.282 e. The molecule has 0 amide bonds. The number of hydrogen-bond acceptors (Lipinski definition) is 6. The van der Waals surface area contributed by atoms with Crippen LogP contribution >= 0.6 is 0 Å². The lowest BCUT2D eigenvalue weighted by Crippen LogP contribution is -2.21. The number of benzene rings is 4. The molecule has 0 aliphatic carbocycles. The number of aromatic nitrogens is 2. The van der Waals surface area contributed by atoms with Crippen molar-refractivity contribution in [2.24, 2.45) is 5.10 Å². The second-order valence-corrected chi connectivity index (χ2v) is 11.0. The average Bonchev–Trinajstić information content (AvgIpc) is 3.01. The Bertz CT molecular complexity index is 1860. The fraction of sp³-hybridized carbons (Fsp3) is 0.270. The third-order valence-electron chi connectivity index (χ3n) is 7.38. The van der Waals surface area contributed by atoms with Crippen LogP contribution in [0.5, 0.6) is 17.2 Å². The van der Waals surface area contributed by atoms with Crippen molar-refractivity contribution in [3.8, 4) is 28.6 Å². The van der Waals surface area contributed by atoms with Crippen molar-refractivity contribution >= 4 is 17.1 Å². The molecular weight excluding hydrogens is 550 g/mol. The summed E-state index contributed by atoms with van der Waals surface area (Å²) in [4.78, 5) is 18.8. The smallest absolute Gasteiger partial charge is 0.282 e. The SMILES string of the molecule is CCOc1cc(C=Nn2c(-c3cc(C(C)C)c(OCC)cc3C)nc3ccccc3c2=O)ccc1OCc1ccc(C)cc1. The summed E-state index contributed by atoms with van der Waals surface area (Å²) in [6.45, 7) is 13.7. The van der Waals surface area contributed by atoms with Gasteiger partial charge in [-0.1, -0.05) is 55.8 Å². The minimum absolute atomic E-state index is 0.212. The minimum atomic E-state index is -0.246. The van der Waals surface area contributed by atoms with Crippen LogP contribution in [0, 0.1) is 13.8 Å². The second-order valence-electron chi connectivity index (χ2n) is 11.0. The van der Waals surface area contributed by atoms with Gasteiger partial charge < -0.3 is 14.2 Å². The summed E-state index contributed by atoms with van der Waals surface area (Å²) >= 11 is 0. The molecule has 1 heterocycles. The van der Waals surface area contributed by atoms with Crippen LogP contribution in [0.4, 0.5) is 0 Å². The van der Waals surface area contributed by atoms with Crippen LogP contribution in [0.25, 0.3) is 22.3 Å². The maximum absolute atomic E-state index is 13.8. The van der Waals surface area contributed by atoms with Crippen molar-refractivity contribution < 1.29 is 14.2 Å². The van der Waals surface area contributed by atoms with Crippen molar-refractivity contribution in [2.75, 3.05) is 13.2 Å². The van der Waals surface area contributed by atoms with Crippen LogP contribution in [-0.4, -0.2) is 29.1 Å². The van der Waals surface area contributed by atoms with E-state index in [0.29, 0.717) is 48.0 Å². The van der Waals surface area contributed by atoms with Gasteiger partial charge in [0.25, 0.3) is 5.56 Å². The monoisotopic (exact) mass is 589 g/mol. The molecular formula is C37H39N3O4. The summed E-state index contributed by atoms with van der Waals surface area (Å²) in [7, 11) is 0. The Kier molecular flexibility index (Phi) is 9.44.